The summed E-state index contributed by atoms with van der Waals surface area (Å²) in [5.41, 5.74) is 0. The summed E-state index contributed by atoms with van der Waals surface area (Å²) >= 11 is 0. The Morgan fingerprint density at radius 1 is 1.47 bits per heavy atom. The van der Waals surface area contributed by atoms with Gasteiger partial charge in [-0.05, 0) is 32.4 Å². The number of hydrogen-bond donors (Lipinski definition) is 2. The molecule has 0 aromatic carbocycles. The van der Waals surface area contributed by atoms with Gasteiger partial charge >= 0.3 is 0 Å². The van der Waals surface area contributed by atoms with Crippen molar-refractivity contribution in [2.45, 2.75) is 31.9 Å². The van der Waals surface area contributed by atoms with Gasteiger partial charge in [0.2, 0.25) is 5.91 Å². The molecule has 0 bridgehead atoms. The maximum atomic E-state index is 11.6. The van der Waals surface area contributed by atoms with Gasteiger partial charge in [-0.1, -0.05) is 0 Å². The van der Waals surface area contributed by atoms with Gasteiger partial charge in [0.25, 0.3) is 0 Å². The van der Waals surface area contributed by atoms with E-state index in [0.29, 0.717) is 6.54 Å². The van der Waals surface area contributed by atoms with Gasteiger partial charge in [-0.15, -0.1) is 0 Å². The number of hydrogen-bond acceptors (Lipinski definition) is 4. The number of carbonyl (C=O) groups excluding carboxylic acids is 1. The molecular weight excluding hydrogens is 244 g/mol. The minimum absolute atomic E-state index is 0.0239. The average molecular weight is 266 g/mol. The first-order valence-electron chi connectivity index (χ1n) is 6.89. The number of ether oxygens (including phenoxy) is 1. The standard InChI is InChI=1S/C13H22N4O2/c18-13(10-19-12-2-5-14-6-3-12)16-4-1-8-17-9-7-15-11-17/h7,9,11-12,14H,1-6,8,10H2,(H,16,18). The highest BCUT2D eigenvalue weighted by Gasteiger charge is 2.14. The summed E-state index contributed by atoms with van der Waals surface area (Å²) in [6, 6.07) is 0. The van der Waals surface area contributed by atoms with Gasteiger partial charge in [0.15, 0.2) is 0 Å². The van der Waals surface area contributed by atoms with Crippen molar-refractivity contribution in [1.29, 1.82) is 0 Å². The van der Waals surface area contributed by atoms with E-state index >= 15 is 0 Å². The Balaban J connectivity index is 1.49. The van der Waals surface area contributed by atoms with Crippen molar-refractivity contribution < 1.29 is 9.53 Å². The highest BCUT2D eigenvalue weighted by molar-refractivity contribution is 5.77. The normalized spacial score (nSPS) is 16.4. The van der Waals surface area contributed by atoms with Gasteiger partial charge < -0.3 is 19.9 Å². The molecule has 0 atom stereocenters. The average Bonchev–Trinajstić information content (AvgIpc) is 2.96. The van der Waals surface area contributed by atoms with Crippen LogP contribution in [0.1, 0.15) is 19.3 Å². The molecule has 6 nitrogen and oxygen atoms in total. The molecule has 0 unspecified atom stereocenters. The van der Waals surface area contributed by atoms with Crippen LogP contribution in [0.5, 0.6) is 0 Å². The van der Waals surface area contributed by atoms with Crippen LogP contribution in [-0.4, -0.2) is 47.8 Å². The third-order valence-corrected chi connectivity index (χ3v) is 3.21. The maximum Gasteiger partial charge on any atom is 0.246 e. The van der Waals surface area contributed by atoms with Crippen LogP contribution < -0.4 is 10.6 Å². The highest BCUT2D eigenvalue weighted by atomic mass is 16.5. The quantitative estimate of drug-likeness (QED) is 0.690. The molecule has 6 heteroatoms. The number of imidazole rings is 1. The van der Waals surface area contributed by atoms with Crippen molar-refractivity contribution in [1.82, 2.24) is 20.2 Å². The Morgan fingerprint density at radius 2 is 2.32 bits per heavy atom. The largest absolute Gasteiger partial charge is 0.368 e. The third-order valence-electron chi connectivity index (χ3n) is 3.21. The zero-order valence-corrected chi connectivity index (χ0v) is 11.2. The van der Waals surface area contributed by atoms with E-state index in [0.717, 1.165) is 38.9 Å². The van der Waals surface area contributed by atoms with Gasteiger partial charge in [0.1, 0.15) is 6.61 Å². The van der Waals surface area contributed by atoms with Crippen molar-refractivity contribution in [3.05, 3.63) is 18.7 Å². The monoisotopic (exact) mass is 266 g/mol. The van der Waals surface area contributed by atoms with Crippen LogP contribution in [0.2, 0.25) is 0 Å². The highest BCUT2D eigenvalue weighted by Crippen LogP contribution is 2.06. The smallest absolute Gasteiger partial charge is 0.246 e. The Bertz CT molecular complexity index is 361. The summed E-state index contributed by atoms with van der Waals surface area (Å²) in [6.45, 7) is 3.69. The van der Waals surface area contributed by atoms with Crippen molar-refractivity contribution in [2.24, 2.45) is 0 Å². The van der Waals surface area contributed by atoms with Gasteiger partial charge in [-0.3, -0.25) is 4.79 Å². The SMILES string of the molecule is O=C(COC1CCNCC1)NCCCn1ccnc1. The van der Waals surface area contributed by atoms with Crippen molar-refractivity contribution in [2.75, 3.05) is 26.2 Å². The summed E-state index contributed by atoms with van der Waals surface area (Å²) in [6.07, 6.45) is 8.57. The van der Waals surface area contributed by atoms with Gasteiger partial charge in [0.05, 0.1) is 12.4 Å². The lowest BCUT2D eigenvalue weighted by atomic mass is 10.1. The molecule has 0 aliphatic carbocycles. The van der Waals surface area contributed by atoms with Crippen LogP contribution >= 0.6 is 0 Å². The minimum Gasteiger partial charge on any atom is -0.368 e. The molecule has 106 valence electrons. The Morgan fingerprint density at radius 3 is 3.05 bits per heavy atom. The molecular formula is C13H22N4O2. The Hall–Kier alpha value is -1.40. The molecule has 1 fully saturated rings. The first-order chi connectivity index (χ1) is 9.34. The molecule has 0 saturated carbocycles. The molecule has 1 amide bonds. The second-order valence-corrected chi connectivity index (χ2v) is 4.76. The number of piperidine rings is 1. The minimum atomic E-state index is -0.0239. The van der Waals surface area contributed by atoms with Crippen LogP contribution in [0.25, 0.3) is 0 Å². The van der Waals surface area contributed by atoms with Crippen molar-refractivity contribution in [3.8, 4) is 0 Å². The number of carbonyl (C=O) groups is 1. The van der Waals surface area contributed by atoms with E-state index in [1.54, 1.807) is 12.5 Å². The zero-order chi connectivity index (χ0) is 13.3. The number of nitrogens with one attached hydrogen (secondary N) is 2. The molecule has 1 aromatic heterocycles. The molecule has 19 heavy (non-hydrogen) atoms. The summed E-state index contributed by atoms with van der Waals surface area (Å²) in [7, 11) is 0. The van der Waals surface area contributed by atoms with E-state index in [2.05, 4.69) is 15.6 Å². The summed E-state index contributed by atoms with van der Waals surface area (Å²) in [4.78, 5) is 15.5. The molecule has 1 aliphatic heterocycles. The van der Waals surface area contributed by atoms with Crippen LogP contribution in [0.4, 0.5) is 0 Å². The molecule has 2 N–H and O–H groups in total. The van der Waals surface area contributed by atoms with E-state index in [1.807, 2.05) is 10.8 Å². The first kappa shape index (κ1) is 14.0. The lowest BCUT2D eigenvalue weighted by Crippen LogP contribution is -2.36. The van der Waals surface area contributed by atoms with Crippen molar-refractivity contribution >= 4 is 5.91 Å². The second kappa shape index (κ2) is 7.91. The van der Waals surface area contributed by atoms with Crippen LogP contribution in [0.15, 0.2) is 18.7 Å². The third kappa shape index (κ3) is 5.40. The van der Waals surface area contributed by atoms with Crippen LogP contribution in [0.3, 0.4) is 0 Å². The zero-order valence-electron chi connectivity index (χ0n) is 11.2. The number of aryl methyl sites for hydroxylation is 1. The van der Waals surface area contributed by atoms with Gasteiger partial charge in [0, 0.05) is 25.5 Å². The summed E-state index contributed by atoms with van der Waals surface area (Å²) in [5, 5.41) is 6.14. The topological polar surface area (TPSA) is 68.2 Å². The molecule has 1 aliphatic rings. The van der Waals surface area contributed by atoms with E-state index in [9.17, 15) is 4.79 Å². The van der Waals surface area contributed by atoms with Crippen LogP contribution in [-0.2, 0) is 16.1 Å². The first-order valence-corrected chi connectivity index (χ1v) is 6.89. The van der Waals surface area contributed by atoms with Gasteiger partial charge in [-0.25, -0.2) is 4.98 Å². The predicted octanol–water partition coefficient (Wildman–Crippen LogP) is 0.158. The lowest BCUT2D eigenvalue weighted by molar-refractivity contribution is -0.128. The predicted molar refractivity (Wildman–Crippen MR) is 71.7 cm³/mol. The molecule has 0 radical (unpaired) electrons. The maximum absolute atomic E-state index is 11.6. The molecule has 2 rings (SSSR count). The Labute approximate surface area is 113 Å². The van der Waals surface area contributed by atoms with Crippen LogP contribution in [0, 0.1) is 0 Å². The fourth-order valence-electron chi connectivity index (χ4n) is 2.12. The number of nitrogens with zero attached hydrogens (tertiary/aromatic N) is 2. The number of rotatable bonds is 7. The Kier molecular flexibility index (Phi) is 5.84. The molecule has 1 aromatic rings. The molecule has 0 spiro atoms. The fourth-order valence-corrected chi connectivity index (χ4v) is 2.12. The molecule has 2 heterocycles. The summed E-state index contributed by atoms with van der Waals surface area (Å²) < 4.78 is 7.58. The second-order valence-electron chi connectivity index (χ2n) is 4.76. The fraction of sp³-hybridized carbons (Fsp3) is 0.692. The van der Waals surface area contributed by atoms with E-state index in [4.69, 9.17) is 4.74 Å². The summed E-state index contributed by atoms with van der Waals surface area (Å²) in [5.74, 6) is -0.0239. The van der Waals surface area contributed by atoms with E-state index < -0.39 is 0 Å². The number of aromatic nitrogens is 2. The number of amides is 1. The van der Waals surface area contributed by atoms with E-state index in [1.165, 1.54) is 0 Å². The van der Waals surface area contributed by atoms with Crippen molar-refractivity contribution in [3.63, 3.8) is 0 Å². The lowest BCUT2D eigenvalue weighted by Gasteiger charge is -2.22. The van der Waals surface area contributed by atoms with E-state index in [-0.39, 0.29) is 18.6 Å². The molecule has 1 saturated heterocycles. The van der Waals surface area contributed by atoms with Gasteiger partial charge in [-0.2, -0.15) is 0 Å².